The smallest absolute Gasteiger partial charge is 0.338 e. The molecule has 0 N–H and O–H groups in total. The van der Waals surface area contributed by atoms with Gasteiger partial charge in [-0.1, -0.05) is 6.92 Å². The average molecular weight is 406 g/mol. The number of benzene rings is 1. The Bertz CT molecular complexity index is 740. The van der Waals surface area contributed by atoms with Crippen LogP contribution in [0.15, 0.2) is 29.2 Å². The summed E-state index contributed by atoms with van der Waals surface area (Å²) in [5.41, 5.74) is 0.307. The van der Waals surface area contributed by atoms with Gasteiger partial charge in [-0.25, -0.2) is 13.2 Å². The van der Waals surface area contributed by atoms with Crippen LogP contribution in [-0.2, 0) is 14.8 Å². The molecule has 1 heterocycles. The summed E-state index contributed by atoms with van der Waals surface area (Å²) >= 11 is 11.8. The summed E-state index contributed by atoms with van der Waals surface area (Å²) in [5, 5.41) is 0. The Hall–Kier alpha value is -0.820. The van der Waals surface area contributed by atoms with Gasteiger partial charge in [0, 0.05) is 19.0 Å². The summed E-state index contributed by atoms with van der Waals surface area (Å²) < 4.78 is 31.2. The minimum Gasteiger partial charge on any atom is -0.462 e. The molecule has 25 heavy (non-hydrogen) atoms. The number of carbonyl (C=O) groups excluding carboxylic acids is 1. The highest BCUT2D eigenvalue weighted by atomic mass is 35.5. The van der Waals surface area contributed by atoms with E-state index in [9.17, 15) is 13.2 Å². The van der Waals surface area contributed by atoms with Crippen LogP contribution in [0.1, 0.15) is 36.5 Å². The monoisotopic (exact) mass is 405 g/mol. The molecular formula is C17H21Cl2NO4S. The van der Waals surface area contributed by atoms with Gasteiger partial charge in [-0.3, -0.25) is 0 Å². The average Bonchev–Trinajstić information content (AvgIpc) is 3.20. The number of rotatable bonds is 5. The zero-order chi connectivity index (χ0) is 18.2. The number of esters is 1. The van der Waals surface area contributed by atoms with Crippen LogP contribution in [0, 0.1) is 11.8 Å². The first-order valence-corrected chi connectivity index (χ1v) is 10.5. The number of hydrogen-bond acceptors (Lipinski definition) is 4. The van der Waals surface area contributed by atoms with Crippen LogP contribution in [0.25, 0.3) is 0 Å². The van der Waals surface area contributed by atoms with Crippen molar-refractivity contribution < 1.29 is 17.9 Å². The second kappa shape index (κ2) is 7.06. The number of halogens is 2. The summed E-state index contributed by atoms with van der Waals surface area (Å²) in [6.45, 7) is 3.36. The highest BCUT2D eigenvalue weighted by Crippen LogP contribution is 2.53. The Kier molecular flexibility index (Phi) is 5.36. The van der Waals surface area contributed by atoms with Crippen molar-refractivity contribution >= 4 is 39.2 Å². The van der Waals surface area contributed by atoms with E-state index >= 15 is 0 Å². The van der Waals surface area contributed by atoms with Gasteiger partial charge in [-0.2, -0.15) is 4.31 Å². The van der Waals surface area contributed by atoms with Gasteiger partial charge < -0.3 is 4.74 Å². The molecule has 1 saturated heterocycles. The first kappa shape index (κ1) is 19.0. The van der Waals surface area contributed by atoms with Crippen molar-refractivity contribution in [2.45, 2.75) is 35.4 Å². The lowest BCUT2D eigenvalue weighted by Crippen LogP contribution is -2.37. The Morgan fingerprint density at radius 3 is 2.32 bits per heavy atom. The number of piperidine rings is 1. The second-order valence-electron chi connectivity index (χ2n) is 6.87. The van der Waals surface area contributed by atoms with Crippen molar-refractivity contribution in [1.82, 2.24) is 4.31 Å². The maximum atomic E-state index is 12.7. The van der Waals surface area contributed by atoms with Gasteiger partial charge in [0.2, 0.25) is 10.0 Å². The molecule has 2 aliphatic rings. The lowest BCUT2D eigenvalue weighted by molar-refractivity contribution is 0.0485. The molecule has 3 rings (SSSR count). The van der Waals surface area contributed by atoms with Gasteiger partial charge in [0.05, 0.1) is 17.1 Å². The molecule has 8 heteroatoms. The van der Waals surface area contributed by atoms with Crippen molar-refractivity contribution in [3.05, 3.63) is 29.8 Å². The van der Waals surface area contributed by atoms with Gasteiger partial charge in [-0.15, -0.1) is 23.2 Å². The van der Waals surface area contributed by atoms with E-state index in [1.165, 1.54) is 28.6 Å². The molecule has 1 aliphatic heterocycles. The summed E-state index contributed by atoms with van der Waals surface area (Å²) in [6, 6.07) is 5.86. The maximum Gasteiger partial charge on any atom is 0.338 e. The summed E-state index contributed by atoms with van der Waals surface area (Å²) in [6.07, 6.45) is 2.34. The molecule has 0 aromatic heterocycles. The fourth-order valence-corrected chi connectivity index (χ4v) is 4.82. The van der Waals surface area contributed by atoms with Crippen molar-refractivity contribution in [3.8, 4) is 0 Å². The summed E-state index contributed by atoms with van der Waals surface area (Å²) in [5.74, 6) is 0.00230. The molecule has 138 valence electrons. The number of carbonyl (C=O) groups is 1. The van der Waals surface area contributed by atoms with E-state index in [0.29, 0.717) is 31.0 Å². The molecule has 0 radical (unpaired) electrons. The minimum absolute atomic E-state index is 0.0408. The Morgan fingerprint density at radius 1 is 1.24 bits per heavy atom. The Labute approximate surface area is 158 Å². The van der Waals surface area contributed by atoms with Crippen LogP contribution >= 0.6 is 23.2 Å². The minimum atomic E-state index is -3.51. The molecule has 1 saturated carbocycles. The molecular weight excluding hydrogens is 385 g/mol. The van der Waals surface area contributed by atoms with E-state index in [1.807, 2.05) is 0 Å². The van der Waals surface area contributed by atoms with Crippen LogP contribution in [0.5, 0.6) is 0 Å². The summed E-state index contributed by atoms with van der Waals surface area (Å²) in [4.78, 5) is 12.2. The van der Waals surface area contributed by atoms with Crippen molar-refractivity contribution in [3.63, 3.8) is 0 Å². The maximum absolute atomic E-state index is 12.7. The quantitative estimate of drug-likeness (QED) is 0.555. The third-order valence-electron chi connectivity index (χ3n) is 4.84. The van der Waals surface area contributed by atoms with Crippen LogP contribution < -0.4 is 0 Å². The summed E-state index contributed by atoms with van der Waals surface area (Å²) in [7, 11) is -3.51. The van der Waals surface area contributed by atoms with Crippen molar-refractivity contribution in [1.29, 1.82) is 0 Å². The molecule has 0 amide bonds. The predicted molar refractivity (Wildman–Crippen MR) is 96.4 cm³/mol. The van der Waals surface area contributed by atoms with E-state index in [4.69, 9.17) is 27.9 Å². The van der Waals surface area contributed by atoms with Crippen molar-refractivity contribution in [2.24, 2.45) is 11.8 Å². The van der Waals surface area contributed by atoms with Gasteiger partial charge in [0.15, 0.2) is 0 Å². The Balaban J connectivity index is 1.62. The van der Waals surface area contributed by atoms with Gasteiger partial charge in [-0.05, 0) is 49.4 Å². The second-order valence-corrected chi connectivity index (χ2v) is 10.4. The van der Waals surface area contributed by atoms with Crippen LogP contribution in [0.2, 0.25) is 0 Å². The van der Waals surface area contributed by atoms with Crippen LogP contribution in [-0.4, -0.2) is 42.7 Å². The number of hydrogen-bond donors (Lipinski definition) is 0. The van der Waals surface area contributed by atoms with Crippen LogP contribution in [0.4, 0.5) is 0 Å². The van der Waals surface area contributed by atoms with E-state index in [2.05, 4.69) is 6.92 Å². The van der Waals surface area contributed by atoms with Gasteiger partial charge in [0.1, 0.15) is 4.33 Å². The number of alkyl halides is 2. The molecule has 0 bridgehead atoms. The third-order valence-corrected chi connectivity index (χ3v) is 7.68. The normalized spacial score (nSPS) is 24.0. The molecule has 1 aromatic carbocycles. The lowest BCUT2D eigenvalue weighted by atomic mass is 10.0. The number of nitrogens with zero attached hydrogens (tertiary/aromatic N) is 1. The van der Waals surface area contributed by atoms with Crippen molar-refractivity contribution in [2.75, 3.05) is 19.7 Å². The van der Waals surface area contributed by atoms with E-state index in [1.54, 1.807) is 0 Å². The molecule has 0 unspecified atom stereocenters. The highest BCUT2D eigenvalue weighted by Gasteiger charge is 2.52. The largest absolute Gasteiger partial charge is 0.462 e. The fourth-order valence-electron chi connectivity index (χ4n) is 2.85. The Morgan fingerprint density at radius 2 is 1.80 bits per heavy atom. The standard InChI is InChI=1S/C17H21Cl2NO4S/c1-12-6-8-20(9-7-12)25(22,23)15-4-2-13(3-5-15)16(21)24-11-14-10-17(14,18)19/h2-5,12,14H,6-11H2,1H3/t14-/m0/s1. The van der Waals surface area contributed by atoms with E-state index in [-0.39, 0.29) is 17.4 Å². The van der Waals surface area contributed by atoms with E-state index in [0.717, 1.165) is 12.8 Å². The SMILES string of the molecule is CC1CCN(S(=O)(=O)c2ccc(C(=O)OC[C@@H]3CC3(Cl)Cl)cc2)CC1. The van der Waals surface area contributed by atoms with Gasteiger partial charge in [0.25, 0.3) is 0 Å². The predicted octanol–water partition coefficient (Wildman–Crippen LogP) is 3.46. The molecule has 1 aromatic rings. The highest BCUT2D eigenvalue weighted by molar-refractivity contribution is 7.89. The lowest BCUT2D eigenvalue weighted by Gasteiger charge is -2.29. The zero-order valence-corrected chi connectivity index (χ0v) is 16.3. The van der Waals surface area contributed by atoms with Gasteiger partial charge >= 0.3 is 5.97 Å². The topological polar surface area (TPSA) is 63.7 Å². The fraction of sp³-hybridized carbons (Fsp3) is 0.588. The molecule has 1 atom stereocenters. The first-order valence-electron chi connectivity index (χ1n) is 8.35. The number of ether oxygens (including phenoxy) is 1. The molecule has 2 fully saturated rings. The third kappa shape index (κ3) is 4.30. The molecule has 1 aliphatic carbocycles. The number of sulfonamides is 1. The molecule has 5 nitrogen and oxygen atoms in total. The van der Waals surface area contributed by atoms with Crippen LogP contribution in [0.3, 0.4) is 0 Å². The zero-order valence-electron chi connectivity index (χ0n) is 14.0. The van der Waals surface area contributed by atoms with E-state index < -0.39 is 20.3 Å². The molecule has 0 spiro atoms. The first-order chi connectivity index (χ1) is 11.7.